The van der Waals surface area contributed by atoms with Crippen LogP contribution in [0, 0.1) is 0 Å². The number of carbonyl (C=O) groups excluding carboxylic acids is 3. The summed E-state index contributed by atoms with van der Waals surface area (Å²) in [7, 11) is 1.61. The maximum absolute atomic E-state index is 14.3. The second kappa shape index (κ2) is 14.4. The Hall–Kier alpha value is -5.68. The number of benzene rings is 3. The minimum absolute atomic E-state index is 0.0775. The van der Waals surface area contributed by atoms with Crippen molar-refractivity contribution < 1.29 is 24.2 Å². The summed E-state index contributed by atoms with van der Waals surface area (Å²) in [5.74, 6) is 0.303. The fourth-order valence-electron chi connectivity index (χ4n) is 6.26. The standard InChI is InChI=1S/C37H38N6O5/c1-3-19-41-25-35(45)42-33(20-26-15-17-30(44)18-16-26)36(46)40(24-34(42)43(41)37(47)38-22-27-9-5-4-6-10-27)23-29-12-8-14-32(39-29)28-11-7-13-31(21-28)48-2/h3-18,21,33-34,44H,1,19-20,22-25H2,2H3,(H,38,47)/t33-,34-/m0/s1. The molecule has 2 saturated heterocycles. The highest BCUT2D eigenvalue weighted by atomic mass is 16.5. The third kappa shape index (κ3) is 7.01. The average Bonchev–Trinajstić information content (AvgIpc) is 3.10. The first-order chi connectivity index (χ1) is 23.3. The topological polar surface area (TPSA) is 119 Å². The van der Waals surface area contributed by atoms with Gasteiger partial charge in [0.2, 0.25) is 11.8 Å². The van der Waals surface area contributed by atoms with Gasteiger partial charge in [0.1, 0.15) is 23.7 Å². The van der Waals surface area contributed by atoms with E-state index in [0.717, 1.165) is 22.4 Å². The van der Waals surface area contributed by atoms with E-state index < -0.39 is 12.2 Å². The Balaban J connectivity index is 1.34. The molecule has 0 bridgehead atoms. The number of hydrogen-bond acceptors (Lipinski definition) is 7. The SMILES string of the molecule is C=CCN1CC(=O)N2[C@@H](Cc3ccc(O)cc3)C(=O)N(Cc3cccc(-c4cccc(OC)c4)n3)C[C@@H]2N1C(=O)NCc1ccccc1. The maximum Gasteiger partial charge on any atom is 0.334 e. The number of rotatable bonds is 10. The van der Waals surface area contributed by atoms with Gasteiger partial charge in [-0.05, 0) is 47.5 Å². The minimum Gasteiger partial charge on any atom is -0.508 e. The van der Waals surface area contributed by atoms with Gasteiger partial charge in [-0.15, -0.1) is 6.58 Å². The molecule has 0 radical (unpaired) electrons. The van der Waals surface area contributed by atoms with Gasteiger partial charge in [0.25, 0.3) is 0 Å². The van der Waals surface area contributed by atoms with Crippen molar-refractivity contribution in [2.75, 3.05) is 26.7 Å². The minimum atomic E-state index is -0.891. The zero-order valence-electron chi connectivity index (χ0n) is 26.7. The van der Waals surface area contributed by atoms with Gasteiger partial charge in [-0.25, -0.2) is 14.8 Å². The highest BCUT2D eigenvalue weighted by Crippen LogP contribution is 2.30. The molecule has 3 aromatic carbocycles. The number of nitrogens with one attached hydrogen (secondary N) is 1. The van der Waals surface area contributed by atoms with Crippen molar-refractivity contribution >= 4 is 17.8 Å². The van der Waals surface area contributed by atoms with E-state index in [9.17, 15) is 19.5 Å². The Labute approximate surface area is 279 Å². The first kappa shape index (κ1) is 32.3. The lowest BCUT2D eigenvalue weighted by Gasteiger charge is -2.55. The fourth-order valence-corrected chi connectivity index (χ4v) is 6.26. The smallest absolute Gasteiger partial charge is 0.334 e. The van der Waals surface area contributed by atoms with E-state index >= 15 is 0 Å². The molecule has 0 aliphatic carbocycles. The first-order valence-electron chi connectivity index (χ1n) is 15.8. The van der Waals surface area contributed by atoms with Crippen LogP contribution in [-0.4, -0.2) is 86.7 Å². The van der Waals surface area contributed by atoms with E-state index in [2.05, 4.69) is 11.9 Å². The lowest BCUT2D eigenvalue weighted by atomic mass is 9.98. The van der Waals surface area contributed by atoms with E-state index in [4.69, 9.17) is 9.72 Å². The summed E-state index contributed by atoms with van der Waals surface area (Å²) in [6.45, 7) is 4.55. The molecular formula is C37H38N6O5. The summed E-state index contributed by atoms with van der Waals surface area (Å²) in [6, 6.07) is 28.1. The number of urea groups is 1. The third-order valence-corrected chi connectivity index (χ3v) is 8.56. The third-order valence-electron chi connectivity index (χ3n) is 8.56. The Morgan fingerprint density at radius 2 is 1.77 bits per heavy atom. The highest BCUT2D eigenvalue weighted by molar-refractivity contribution is 5.91. The number of fused-ring (bicyclic) bond motifs is 1. The molecule has 2 fully saturated rings. The van der Waals surface area contributed by atoms with Crippen LogP contribution < -0.4 is 10.1 Å². The van der Waals surface area contributed by atoms with Crippen molar-refractivity contribution in [3.8, 4) is 22.8 Å². The summed E-state index contributed by atoms with van der Waals surface area (Å²) in [6.07, 6.45) is 1.06. The molecule has 0 spiro atoms. The van der Waals surface area contributed by atoms with Gasteiger partial charge in [0, 0.05) is 25.1 Å². The molecular weight excluding hydrogens is 608 g/mol. The molecule has 2 N–H and O–H groups in total. The van der Waals surface area contributed by atoms with Crippen LogP contribution in [0.4, 0.5) is 4.79 Å². The lowest BCUT2D eigenvalue weighted by Crippen LogP contribution is -2.76. The number of hydrogen-bond donors (Lipinski definition) is 2. The Bertz CT molecular complexity index is 1780. The summed E-state index contributed by atoms with van der Waals surface area (Å²) in [4.78, 5) is 50.2. The van der Waals surface area contributed by atoms with Gasteiger partial charge in [-0.1, -0.05) is 66.7 Å². The average molecular weight is 647 g/mol. The monoisotopic (exact) mass is 646 g/mol. The van der Waals surface area contributed by atoms with Gasteiger partial charge >= 0.3 is 6.03 Å². The maximum atomic E-state index is 14.3. The van der Waals surface area contributed by atoms with Crippen LogP contribution >= 0.6 is 0 Å². The van der Waals surface area contributed by atoms with Crippen LogP contribution in [0.1, 0.15) is 16.8 Å². The predicted molar refractivity (Wildman–Crippen MR) is 180 cm³/mol. The molecule has 4 amide bonds. The van der Waals surface area contributed by atoms with E-state index in [1.165, 1.54) is 0 Å². The Morgan fingerprint density at radius 3 is 2.52 bits per heavy atom. The molecule has 11 nitrogen and oxygen atoms in total. The molecule has 2 aliphatic rings. The lowest BCUT2D eigenvalue weighted by molar-refractivity contribution is -0.189. The number of aromatic hydroxyl groups is 1. The van der Waals surface area contributed by atoms with Crippen LogP contribution in [0.3, 0.4) is 0 Å². The van der Waals surface area contributed by atoms with Crippen LogP contribution in [0.15, 0.2) is 110 Å². The highest BCUT2D eigenvalue weighted by Gasteiger charge is 2.51. The molecule has 48 heavy (non-hydrogen) atoms. The number of hydrazine groups is 1. The molecule has 246 valence electrons. The van der Waals surface area contributed by atoms with E-state index in [0.29, 0.717) is 18.0 Å². The largest absolute Gasteiger partial charge is 0.508 e. The van der Waals surface area contributed by atoms with E-state index in [1.54, 1.807) is 57.3 Å². The second-order valence-electron chi connectivity index (χ2n) is 11.8. The van der Waals surface area contributed by atoms with Crippen molar-refractivity contribution in [3.05, 3.63) is 127 Å². The number of phenolic OH excluding ortho intramolecular Hbond substituents is 1. The van der Waals surface area contributed by atoms with Crippen molar-refractivity contribution in [2.45, 2.75) is 31.7 Å². The molecule has 0 unspecified atom stereocenters. The molecule has 3 heterocycles. The van der Waals surface area contributed by atoms with Crippen LogP contribution in [-0.2, 0) is 29.1 Å². The summed E-state index contributed by atoms with van der Waals surface area (Å²) in [5, 5.41) is 16.1. The molecule has 4 aromatic rings. The van der Waals surface area contributed by atoms with Gasteiger partial charge < -0.3 is 25.0 Å². The number of pyridine rings is 1. The number of amides is 4. The summed E-state index contributed by atoms with van der Waals surface area (Å²) in [5.41, 5.74) is 3.96. The zero-order chi connectivity index (χ0) is 33.6. The van der Waals surface area contributed by atoms with Gasteiger partial charge in [0.05, 0.1) is 38.1 Å². The number of nitrogens with zero attached hydrogens (tertiary/aromatic N) is 5. The number of phenols is 1. The Morgan fingerprint density at radius 1 is 1.00 bits per heavy atom. The van der Waals surface area contributed by atoms with Crippen LogP contribution in [0.25, 0.3) is 11.3 Å². The summed E-state index contributed by atoms with van der Waals surface area (Å²) < 4.78 is 5.39. The number of carbonyl (C=O) groups is 3. The van der Waals surface area contributed by atoms with Gasteiger partial charge in [-0.3, -0.25) is 14.6 Å². The Kier molecular flexibility index (Phi) is 9.67. The van der Waals surface area contributed by atoms with Crippen LogP contribution in [0.5, 0.6) is 11.5 Å². The fraction of sp³-hybridized carbons (Fsp3) is 0.243. The molecule has 0 saturated carbocycles. The number of methoxy groups -OCH3 is 1. The predicted octanol–water partition coefficient (Wildman–Crippen LogP) is 4.20. The molecule has 1 aromatic heterocycles. The van der Waals surface area contributed by atoms with Crippen molar-refractivity contribution in [1.29, 1.82) is 0 Å². The first-order valence-corrected chi connectivity index (χ1v) is 15.8. The van der Waals surface area contributed by atoms with Crippen LogP contribution in [0.2, 0.25) is 0 Å². The zero-order valence-corrected chi connectivity index (χ0v) is 26.7. The quantitative estimate of drug-likeness (QED) is 0.248. The molecule has 11 heteroatoms. The summed E-state index contributed by atoms with van der Waals surface area (Å²) >= 11 is 0. The number of piperazine rings is 1. The number of aromatic nitrogens is 1. The van der Waals surface area contributed by atoms with Crippen molar-refractivity contribution in [3.63, 3.8) is 0 Å². The van der Waals surface area contributed by atoms with E-state index in [1.807, 2.05) is 72.8 Å². The van der Waals surface area contributed by atoms with Gasteiger partial charge in [0.15, 0.2) is 0 Å². The molecule has 2 atom stereocenters. The van der Waals surface area contributed by atoms with E-state index in [-0.39, 0.29) is 56.2 Å². The van der Waals surface area contributed by atoms with Crippen molar-refractivity contribution in [2.24, 2.45) is 0 Å². The van der Waals surface area contributed by atoms with Gasteiger partial charge in [-0.2, -0.15) is 0 Å². The normalized spacial score (nSPS) is 18.0. The van der Waals surface area contributed by atoms with Crippen molar-refractivity contribution in [1.82, 2.24) is 30.1 Å². The second-order valence-corrected chi connectivity index (χ2v) is 11.8. The molecule has 6 rings (SSSR count). The molecule has 2 aliphatic heterocycles. The number of ether oxygens (including phenoxy) is 1.